The van der Waals surface area contributed by atoms with Gasteiger partial charge in [0.25, 0.3) is 11.6 Å². The van der Waals surface area contributed by atoms with Gasteiger partial charge in [-0.3, -0.25) is 19.9 Å². The highest BCUT2D eigenvalue weighted by Crippen LogP contribution is 2.24. The molecule has 0 fully saturated rings. The molecule has 0 aliphatic carbocycles. The summed E-state index contributed by atoms with van der Waals surface area (Å²) in [6, 6.07) is 11.3. The number of rotatable bonds is 8. The molecule has 0 aliphatic rings. The zero-order valence-electron chi connectivity index (χ0n) is 15.3. The maximum Gasteiger partial charge on any atom is 0.270 e. The Morgan fingerprint density at radius 3 is 2.62 bits per heavy atom. The van der Waals surface area contributed by atoms with Crippen LogP contribution in [0.1, 0.15) is 23.2 Å². The zero-order chi connectivity index (χ0) is 20.8. The molecule has 2 aromatic carbocycles. The van der Waals surface area contributed by atoms with Crippen molar-refractivity contribution in [2.45, 2.75) is 12.8 Å². The van der Waals surface area contributed by atoms with Crippen LogP contribution in [0, 0.1) is 10.1 Å². The second kappa shape index (κ2) is 9.54. The van der Waals surface area contributed by atoms with E-state index in [2.05, 4.69) is 15.6 Å². The third-order valence-electron chi connectivity index (χ3n) is 4.32. The van der Waals surface area contributed by atoms with Gasteiger partial charge in [0.15, 0.2) is 0 Å². The summed E-state index contributed by atoms with van der Waals surface area (Å²) in [6.45, 7) is 1.20. The number of amides is 1. The maximum atomic E-state index is 12.2. The van der Waals surface area contributed by atoms with Crippen molar-refractivity contribution in [2.24, 2.45) is 0 Å². The summed E-state index contributed by atoms with van der Waals surface area (Å²) in [5, 5.41) is 18.6. The van der Waals surface area contributed by atoms with E-state index in [1.54, 1.807) is 6.20 Å². The lowest BCUT2D eigenvalue weighted by atomic mass is 10.2. The Morgan fingerprint density at radius 1 is 1.07 bits per heavy atom. The molecule has 0 saturated carbocycles. The van der Waals surface area contributed by atoms with E-state index in [0.29, 0.717) is 11.6 Å². The molecule has 1 aromatic heterocycles. The molecule has 0 atom stereocenters. The third kappa shape index (κ3) is 5.34. The van der Waals surface area contributed by atoms with Gasteiger partial charge in [0.2, 0.25) is 0 Å². The number of anilines is 1. The molecule has 0 unspecified atom stereocenters. The molecule has 0 bridgehead atoms. The van der Waals surface area contributed by atoms with Gasteiger partial charge in [-0.1, -0.05) is 23.2 Å². The fourth-order valence-electron chi connectivity index (χ4n) is 2.85. The SMILES string of the molecule is O=C(NCCCCNc1ccnc2cc(Cl)ccc12)c1ccc([N+](=O)[O-])cc1Cl. The first-order valence-corrected chi connectivity index (χ1v) is 9.71. The van der Waals surface area contributed by atoms with Crippen molar-refractivity contribution < 1.29 is 9.72 Å². The molecule has 0 aliphatic heterocycles. The highest BCUT2D eigenvalue weighted by atomic mass is 35.5. The Hall–Kier alpha value is -2.90. The molecule has 9 heteroatoms. The summed E-state index contributed by atoms with van der Waals surface area (Å²) in [4.78, 5) is 26.7. The summed E-state index contributed by atoms with van der Waals surface area (Å²) >= 11 is 12.0. The summed E-state index contributed by atoms with van der Waals surface area (Å²) in [7, 11) is 0. The van der Waals surface area contributed by atoms with Crippen LogP contribution in [0.25, 0.3) is 10.9 Å². The van der Waals surface area contributed by atoms with E-state index in [4.69, 9.17) is 23.2 Å². The van der Waals surface area contributed by atoms with Crippen molar-refractivity contribution in [3.8, 4) is 0 Å². The number of fused-ring (bicyclic) bond motifs is 1. The fraction of sp³-hybridized carbons (Fsp3) is 0.200. The highest BCUT2D eigenvalue weighted by Gasteiger charge is 2.14. The van der Waals surface area contributed by atoms with Crippen LogP contribution >= 0.6 is 23.2 Å². The standard InChI is InChI=1S/C20H18Cl2N4O3/c21-13-3-5-16-18(7-10-24-19(16)11-13)23-8-1-2-9-25-20(27)15-6-4-14(26(28)29)12-17(15)22/h3-7,10-12H,1-2,8-9H2,(H,23,24)(H,25,27). The van der Waals surface area contributed by atoms with Crippen molar-refractivity contribution in [3.05, 3.63) is 74.4 Å². The van der Waals surface area contributed by atoms with Crippen molar-refractivity contribution in [2.75, 3.05) is 18.4 Å². The first-order valence-electron chi connectivity index (χ1n) is 8.96. The third-order valence-corrected chi connectivity index (χ3v) is 4.87. The van der Waals surface area contributed by atoms with Crippen molar-refractivity contribution in [1.29, 1.82) is 0 Å². The Kier molecular flexibility index (Phi) is 6.85. The lowest BCUT2D eigenvalue weighted by Crippen LogP contribution is -2.25. The first kappa shape index (κ1) is 20.8. The zero-order valence-corrected chi connectivity index (χ0v) is 16.8. The fourth-order valence-corrected chi connectivity index (χ4v) is 3.27. The molecule has 2 N–H and O–H groups in total. The monoisotopic (exact) mass is 432 g/mol. The average Bonchev–Trinajstić information content (AvgIpc) is 2.69. The molecule has 1 heterocycles. The molecule has 29 heavy (non-hydrogen) atoms. The number of hydrogen-bond acceptors (Lipinski definition) is 5. The number of benzene rings is 2. The minimum Gasteiger partial charge on any atom is -0.384 e. The minimum absolute atomic E-state index is 0.0584. The molecule has 7 nitrogen and oxygen atoms in total. The smallest absolute Gasteiger partial charge is 0.270 e. The van der Waals surface area contributed by atoms with E-state index in [9.17, 15) is 14.9 Å². The summed E-state index contributed by atoms with van der Waals surface area (Å²) in [5.74, 6) is -0.352. The first-order chi connectivity index (χ1) is 14.0. The number of nitro groups is 1. The number of carbonyl (C=O) groups is 1. The van der Waals surface area contributed by atoms with Gasteiger partial charge >= 0.3 is 0 Å². The van der Waals surface area contributed by atoms with E-state index in [0.717, 1.165) is 36.0 Å². The van der Waals surface area contributed by atoms with Crippen LogP contribution < -0.4 is 10.6 Å². The topological polar surface area (TPSA) is 97.2 Å². The number of nitrogens with zero attached hydrogens (tertiary/aromatic N) is 2. The number of unbranched alkanes of at least 4 members (excludes halogenated alkanes) is 1. The van der Waals surface area contributed by atoms with E-state index >= 15 is 0 Å². The molecule has 0 spiro atoms. The van der Waals surface area contributed by atoms with Gasteiger partial charge in [-0.2, -0.15) is 0 Å². The lowest BCUT2D eigenvalue weighted by molar-refractivity contribution is -0.384. The van der Waals surface area contributed by atoms with Crippen LogP contribution in [-0.4, -0.2) is 28.9 Å². The normalized spacial score (nSPS) is 10.7. The van der Waals surface area contributed by atoms with Gasteiger partial charge in [0, 0.05) is 47.5 Å². The second-order valence-corrected chi connectivity index (χ2v) is 7.17. The van der Waals surface area contributed by atoms with E-state index in [-0.39, 0.29) is 22.2 Å². The van der Waals surface area contributed by atoms with Crippen molar-refractivity contribution in [3.63, 3.8) is 0 Å². The predicted octanol–water partition coefficient (Wildman–Crippen LogP) is 5.07. The lowest BCUT2D eigenvalue weighted by Gasteiger charge is -2.10. The van der Waals surface area contributed by atoms with E-state index in [1.165, 1.54) is 18.2 Å². The van der Waals surface area contributed by atoms with E-state index in [1.807, 2.05) is 24.3 Å². The number of nitro benzene ring substituents is 1. The van der Waals surface area contributed by atoms with Gasteiger partial charge in [0.05, 0.1) is 21.0 Å². The molecule has 150 valence electrons. The van der Waals surface area contributed by atoms with Crippen LogP contribution in [0.2, 0.25) is 10.0 Å². The quantitative estimate of drug-likeness (QED) is 0.294. The van der Waals surface area contributed by atoms with Gasteiger partial charge in [0.1, 0.15) is 0 Å². The highest BCUT2D eigenvalue weighted by molar-refractivity contribution is 6.34. The predicted molar refractivity (Wildman–Crippen MR) is 115 cm³/mol. The minimum atomic E-state index is -0.554. The van der Waals surface area contributed by atoms with Crippen molar-refractivity contribution in [1.82, 2.24) is 10.3 Å². The number of aromatic nitrogens is 1. The number of nitrogens with one attached hydrogen (secondary N) is 2. The molecular weight excluding hydrogens is 415 g/mol. The van der Waals surface area contributed by atoms with Crippen LogP contribution in [-0.2, 0) is 0 Å². The summed E-state index contributed by atoms with van der Waals surface area (Å²) in [6.07, 6.45) is 3.33. The Balaban J connectivity index is 1.45. The van der Waals surface area contributed by atoms with Gasteiger partial charge < -0.3 is 10.6 Å². The summed E-state index contributed by atoms with van der Waals surface area (Å²) < 4.78 is 0. The van der Waals surface area contributed by atoms with Crippen LogP contribution in [0.4, 0.5) is 11.4 Å². The summed E-state index contributed by atoms with van der Waals surface area (Å²) in [5.41, 5.74) is 1.88. The number of non-ortho nitro benzene ring substituents is 1. The molecule has 0 radical (unpaired) electrons. The molecule has 3 aromatic rings. The molecule has 0 saturated heterocycles. The Morgan fingerprint density at radius 2 is 1.86 bits per heavy atom. The second-order valence-electron chi connectivity index (χ2n) is 6.33. The largest absolute Gasteiger partial charge is 0.384 e. The number of hydrogen-bond donors (Lipinski definition) is 2. The van der Waals surface area contributed by atoms with Gasteiger partial charge in [-0.05, 0) is 43.2 Å². The van der Waals surface area contributed by atoms with E-state index < -0.39 is 4.92 Å². The van der Waals surface area contributed by atoms with Gasteiger partial charge in [-0.25, -0.2) is 0 Å². The van der Waals surface area contributed by atoms with Crippen LogP contribution in [0.15, 0.2) is 48.7 Å². The molecule has 3 rings (SSSR count). The Bertz CT molecular complexity index is 1060. The number of carbonyl (C=O) groups excluding carboxylic acids is 1. The van der Waals surface area contributed by atoms with Crippen LogP contribution in [0.3, 0.4) is 0 Å². The van der Waals surface area contributed by atoms with Gasteiger partial charge in [-0.15, -0.1) is 0 Å². The maximum absolute atomic E-state index is 12.2. The number of pyridine rings is 1. The Labute approximate surface area is 177 Å². The van der Waals surface area contributed by atoms with Crippen LogP contribution in [0.5, 0.6) is 0 Å². The van der Waals surface area contributed by atoms with Crippen molar-refractivity contribution >= 4 is 51.4 Å². The molecular formula is C20H18Cl2N4O3. The number of halogens is 2. The molecule has 1 amide bonds. The average molecular weight is 433 g/mol.